The van der Waals surface area contributed by atoms with E-state index in [-0.39, 0.29) is 11.8 Å². The number of carbonyl (C=O) groups is 1. The van der Waals surface area contributed by atoms with Crippen LogP contribution < -0.4 is 5.43 Å². The number of rotatable bonds is 5. The van der Waals surface area contributed by atoms with Crippen LogP contribution in [0.2, 0.25) is 0 Å². The summed E-state index contributed by atoms with van der Waals surface area (Å²) in [6, 6.07) is 20.8. The maximum atomic E-state index is 12.3. The first kappa shape index (κ1) is 17.0. The number of hydrogen-bond donors (Lipinski definition) is 1. The molecule has 2 fully saturated rings. The molecule has 0 aromatic heterocycles. The van der Waals surface area contributed by atoms with Crippen LogP contribution in [0.1, 0.15) is 36.3 Å². The largest absolute Gasteiger partial charge is 0.298 e. The predicted molar refractivity (Wildman–Crippen MR) is 104 cm³/mol. The Kier molecular flexibility index (Phi) is 5.12. The van der Waals surface area contributed by atoms with Crippen molar-refractivity contribution in [1.82, 2.24) is 10.3 Å². The fourth-order valence-corrected chi connectivity index (χ4v) is 3.69. The fourth-order valence-electron chi connectivity index (χ4n) is 3.69. The third kappa shape index (κ3) is 4.20. The number of likely N-dealkylation sites (tertiary alicyclic amines) is 1. The van der Waals surface area contributed by atoms with Gasteiger partial charge in [-0.25, -0.2) is 5.43 Å². The standard InChI is InChI=1S/C22H25N3O/c26-22(21-15-20(21)18-9-5-2-6-10-18)24-23-19-11-13-25(14-12-19)16-17-7-3-1-4-8-17/h1-10,20-21H,11-16H2,(H,24,26)/t20-,21+/m1/s1. The quantitative estimate of drug-likeness (QED) is 0.841. The molecule has 0 spiro atoms. The van der Waals surface area contributed by atoms with Gasteiger partial charge in [-0.2, -0.15) is 5.10 Å². The van der Waals surface area contributed by atoms with E-state index in [1.54, 1.807) is 0 Å². The molecule has 134 valence electrons. The van der Waals surface area contributed by atoms with Crippen molar-refractivity contribution >= 4 is 11.6 Å². The molecule has 2 aliphatic rings. The maximum absolute atomic E-state index is 12.3. The Balaban J connectivity index is 1.23. The summed E-state index contributed by atoms with van der Waals surface area (Å²) in [7, 11) is 0. The molecule has 1 saturated carbocycles. The van der Waals surface area contributed by atoms with Gasteiger partial charge in [-0.15, -0.1) is 0 Å². The van der Waals surface area contributed by atoms with Gasteiger partial charge in [0.1, 0.15) is 0 Å². The van der Waals surface area contributed by atoms with Gasteiger partial charge in [0.25, 0.3) is 0 Å². The zero-order chi connectivity index (χ0) is 17.8. The lowest BCUT2D eigenvalue weighted by Gasteiger charge is -2.27. The number of hydrogen-bond acceptors (Lipinski definition) is 3. The smallest absolute Gasteiger partial charge is 0.243 e. The maximum Gasteiger partial charge on any atom is 0.243 e. The van der Waals surface area contributed by atoms with Gasteiger partial charge in [0.15, 0.2) is 0 Å². The first-order valence-electron chi connectivity index (χ1n) is 9.46. The number of benzene rings is 2. The lowest BCUT2D eigenvalue weighted by Crippen LogP contribution is -2.34. The van der Waals surface area contributed by atoms with E-state index in [1.807, 2.05) is 18.2 Å². The Morgan fingerprint density at radius 2 is 1.65 bits per heavy atom. The molecule has 26 heavy (non-hydrogen) atoms. The normalized spacial score (nSPS) is 22.7. The molecule has 2 atom stereocenters. The van der Waals surface area contributed by atoms with Gasteiger partial charge in [-0.1, -0.05) is 60.7 Å². The van der Waals surface area contributed by atoms with E-state index < -0.39 is 0 Å². The lowest BCUT2D eigenvalue weighted by atomic mass is 10.1. The molecule has 4 heteroatoms. The first-order chi connectivity index (χ1) is 12.8. The van der Waals surface area contributed by atoms with Crippen LogP contribution >= 0.6 is 0 Å². The Morgan fingerprint density at radius 1 is 1.00 bits per heavy atom. The Morgan fingerprint density at radius 3 is 2.35 bits per heavy atom. The number of nitrogens with zero attached hydrogens (tertiary/aromatic N) is 2. The van der Waals surface area contributed by atoms with Crippen LogP contribution in [0.15, 0.2) is 65.8 Å². The Bertz CT molecular complexity index is 762. The molecule has 0 radical (unpaired) electrons. The van der Waals surface area contributed by atoms with E-state index >= 15 is 0 Å². The highest BCUT2D eigenvalue weighted by molar-refractivity contribution is 5.88. The van der Waals surface area contributed by atoms with Crippen LogP contribution in [0.25, 0.3) is 0 Å². The van der Waals surface area contributed by atoms with Crippen molar-refractivity contribution in [3.63, 3.8) is 0 Å². The predicted octanol–water partition coefficient (Wildman–Crippen LogP) is 3.56. The van der Waals surface area contributed by atoms with Crippen LogP contribution in [-0.4, -0.2) is 29.6 Å². The molecular formula is C22H25N3O. The molecule has 0 unspecified atom stereocenters. The van der Waals surface area contributed by atoms with Crippen LogP contribution in [0.5, 0.6) is 0 Å². The number of piperidine rings is 1. The Labute approximate surface area is 154 Å². The van der Waals surface area contributed by atoms with Gasteiger partial charge in [-0.05, 0) is 23.5 Å². The second-order valence-corrected chi connectivity index (χ2v) is 7.28. The van der Waals surface area contributed by atoms with E-state index in [0.29, 0.717) is 5.92 Å². The third-order valence-electron chi connectivity index (χ3n) is 5.36. The highest BCUT2D eigenvalue weighted by atomic mass is 16.2. The van der Waals surface area contributed by atoms with Crippen LogP contribution in [0, 0.1) is 5.92 Å². The fraction of sp³-hybridized carbons (Fsp3) is 0.364. The first-order valence-corrected chi connectivity index (χ1v) is 9.46. The van der Waals surface area contributed by atoms with Crippen molar-refractivity contribution in [3.8, 4) is 0 Å². The summed E-state index contributed by atoms with van der Waals surface area (Å²) in [6.07, 6.45) is 2.80. The molecule has 1 aliphatic heterocycles. The molecule has 1 amide bonds. The van der Waals surface area contributed by atoms with E-state index in [1.165, 1.54) is 11.1 Å². The highest BCUT2D eigenvalue weighted by Crippen LogP contribution is 2.47. The van der Waals surface area contributed by atoms with Crippen LogP contribution in [0.3, 0.4) is 0 Å². The zero-order valence-corrected chi connectivity index (χ0v) is 15.0. The van der Waals surface area contributed by atoms with Crippen molar-refractivity contribution in [2.45, 2.75) is 31.7 Å². The van der Waals surface area contributed by atoms with Gasteiger partial charge in [-0.3, -0.25) is 9.69 Å². The average molecular weight is 347 g/mol. The van der Waals surface area contributed by atoms with Crippen LogP contribution in [-0.2, 0) is 11.3 Å². The van der Waals surface area contributed by atoms with Gasteiger partial charge in [0, 0.05) is 44.1 Å². The summed E-state index contributed by atoms with van der Waals surface area (Å²) in [6.45, 7) is 2.99. The number of amides is 1. The van der Waals surface area contributed by atoms with Gasteiger partial charge < -0.3 is 0 Å². The summed E-state index contributed by atoms with van der Waals surface area (Å²) in [5.41, 5.74) is 6.53. The molecule has 1 N–H and O–H groups in total. The van der Waals surface area contributed by atoms with Crippen LogP contribution in [0.4, 0.5) is 0 Å². The van der Waals surface area contributed by atoms with Crippen molar-refractivity contribution in [2.75, 3.05) is 13.1 Å². The lowest BCUT2D eigenvalue weighted by molar-refractivity contribution is -0.122. The van der Waals surface area contributed by atoms with E-state index in [0.717, 1.165) is 44.6 Å². The van der Waals surface area contributed by atoms with Crippen molar-refractivity contribution in [2.24, 2.45) is 11.0 Å². The number of hydrazone groups is 1. The average Bonchev–Trinajstić information content (AvgIpc) is 3.50. The molecule has 2 aromatic rings. The number of nitrogens with one attached hydrogen (secondary N) is 1. The summed E-state index contributed by atoms with van der Waals surface area (Å²) < 4.78 is 0. The van der Waals surface area contributed by atoms with Gasteiger partial charge in [0.2, 0.25) is 5.91 Å². The molecule has 4 rings (SSSR count). The van der Waals surface area contributed by atoms with Crippen molar-refractivity contribution in [1.29, 1.82) is 0 Å². The third-order valence-corrected chi connectivity index (χ3v) is 5.36. The minimum absolute atomic E-state index is 0.0677. The molecule has 4 nitrogen and oxygen atoms in total. The van der Waals surface area contributed by atoms with Gasteiger partial charge >= 0.3 is 0 Å². The van der Waals surface area contributed by atoms with E-state index in [2.05, 4.69) is 57.9 Å². The minimum Gasteiger partial charge on any atom is -0.298 e. The summed E-state index contributed by atoms with van der Waals surface area (Å²) in [5, 5.41) is 4.40. The minimum atomic E-state index is 0.0677. The van der Waals surface area contributed by atoms with E-state index in [9.17, 15) is 4.79 Å². The highest BCUT2D eigenvalue weighted by Gasteiger charge is 2.43. The zero-order valence-electron chi connectivity index (χ0n) is 15.0. The molecule has 0 bridgehead atoms. The molecular weight excluding hydrogens is 322 g/mol. The van der Waals surface area contributed by atoms with Gasteiger partial charge in [0.05, 0.1) is 0 Å². The Hall–Kier alpha value is -2.46. The molecule has 1 heterocycles. The molecule has 2 aromatic carbocycles. The molecule has 1 saturated heterocycles. The second-order valence-electron chi connectivity index (χ2n) is 7.28. The SMILES string of the molecule is O=C(NN=C1CCN(Cc2ccccc2)CC1)[C@H]1C[C@@H]1c1ccccc1. The van der Waals surface area contributed by atoms with Crippen molar-refractivity contribution in [3.05, 3.63) is 71.8 Å². The van der Waals surface area contributed by atoms with Crippen molar-refractivity contribution < 1.29 is 4.79 Å². The number of carbonyl (C=O) groups excluding carboxylic acids is 1. The monoisotopic (exact) mass is 347 g/mol. The topological polar surface area (TPSA) is 44.7 Å². The molecule has 1 aliphatic carbocycles. The second kappa shape index (κ2) is 7.83. The van der Waals surface area contributed by atoms with E-state index in [4.69, 9.17) is 0 Å². The summed E-state index contributed by atoms with van der Waals surface area (Å²) >= 11 is 0. The summed E-state index contributed by atoms with van der Waals surface area (Å²) in [4.78, 5) is 14.8. The summed E-state index contributed by atoms with van der Waals surface area (Å²) in [5.74, 6) is 0.516.